The van der Waals surface area contributed by atoms with Gasteiger partial charge in [0, 0.05) is 24.7 Å². The highest BCUT2D eigenvalue weighted by molar-refractivity contribution is 8.01. The van der Waals surface area contributed by atoms with E-state index >= 15 is 0 Å². The Morgan fingerprint density at radius 3 is 1.69 bits per heavy atom. The highest BCUT2D eigenvalue weighted by Gasteiger charge is 2.17. The van der Waals surface area contributed by atoms with Crippen LogP contribution in [0.3, 0.4) is 0 Å². The van der Waals surface area contributed by atoms with Gasteiger partial charge >= 0.3 is 0 Å². The number of aromatic nitrogens is 4. The summed E-state index contributed by atoms with van der Waals surface area (Å²) in [5.41, 5.74) is 1.26. The van der Waals surface area contributed by atoms with E-state index in [2.05, 4.69) is 61.5 Å². The molecule has 0 aliphatic rings. The van der Waals surface area contributed by atoms with E-state index < -0.39 is 0 Å². The number of halogens is 3. The van der Waals surface area contributed by atoms with Crippen LogP contribution in [0.4, 0.5) is 0 Å². The number of aromatic amines is 1. The third-order valence-corrected chi connectivity index (χ3v) is 7.66. The van der Waals surface area contributed by atoms with Gasteiger partial charge in [0.15, 0.2) is 0 Å². The molecule has 0 saturated heterocycles. The second-order valence-corrected chi connectivity index (χ2v) is 14.3. The van der Waals surface area contributed by atoms with E-state index in [0.29, 0.717) is 26.1 Å². The number of thioether (sulfide) groups is 2. The molecule has 2 aromatic heterocycles. The van der Waals surface area contributed by atoms with Gasteiger partial charge in [-0.1, -0.05) is 90.2 Å². The number of rotatable bonds is 2. The van der Waals surface area contributed by atoms with Crippen LogP contribution in [-0.4, -0.2) is 29.4 Å². The third-order valence-electron chi connectivity index (χ3n) is 4.17. The molecular formula is C26H31Cl3N4OS2. The molecule has 36 heavy (non-hydrogen) atoms. The highest BCUT2D eigenvalue weighted by Crippen LogP contribution is 2.39. The molecule has 0 radical (unpaired) electrons. The molecule has 0 aliphatic carbocycles. The number of nitrogens with zero attached hydrogens (tertiary/aromatic N) is 3. The molecular weight excluding hydrogens is 555 g/mol. The lowest BCUT2D eigenvalue weighted by Gasteiger charge is -2.18. The Morgan fingerprint density at radius 2 is 1.19 bits per heavy atom. The SMILES string of the molecule is CC.CC(C)(C)Sc1cc2c(=O)[nH]cnc2cc1Cl.CC(C)(C)Sc1cc2c(Cl)ncnc2cc1Cl. The van der Waals surface area contributed by atoms with Crippen LogP contribution in [0.15, 0.2) is 51.5 Å². The molecule has 2 aromatic carbocycles. The average Bonchev–Trinajstić information content (AvgIpc) is 2.76. The van der Waals surface area contributed by atoms with Crippen LogP contribution in [-0.2, 0) is 0 Å². The maximum absolute atomic E-state index is 11.7. The minimum absolute atomic E-state index is 0.0479. The molecule has 5 nitrogen and oxygen atoms in total. The molecule has 0 aliphatic heterocycles. The zero-order chi connectivity index (χ0) is 27.3. The molecule has 4 aromatic rings. The van der Waals surface area contributed by atoms with Crippen molar-refractivity contribution in [2.45, 2.75) is 74.7 Å². The van der Waals surface area contributed by atoms with E-state index in [-0.39, 0.29) is 15.1 Å². The quantitative estimate of drug-likeness (QED) is 0.187. The van der Waals surface area contributed by atoms with Crippen molar-refractivity contribution in [1.82, 2.24) is 19.9 Å². The first-order valence-electron chi connectivity index (χ1n) is 11.4. The Morgan fingerprint density at radius 1 is 0.722 bits per heavy atom. The van der Waals surface area contributed by atoms with Gasteiger partial charge in [0.2, 0.25) is 0 Å². The van der Waals surface area contributed by atoms with E-state index in [4.69, 9.17) is 34.8 Å². The summed E-state index contributed by atoms with van der Waals surface area (Å²) in [5.74, 6) is 0. The summed E-state index contributed by atoms with van der Waals surface area (Å²) in [7, 11) is 0. The summed E-state index contributed by atoms with van der Waals surface area (Å²) in [6, 6.07) is 7.33. The average molecular weight is 586 g/mol. The number of hydrogen-bond donors (Lipinski definition) is 1. The van der Waals surface area contributed by atoms with Crippen LogP contribution in [0.2, 0.25) is 15.2 Å². The zero-order valence-corrected chi connectivity index (χ0v) is 25.6. The predicted octanol–water partition coefficient (Wildman–Crippen LogP) is 9.32. The van der Waals surface area contributed by atoms with E-state index in [0.717, 1.165) is 20.7 Å². The summed E-state index contributed by atoms with van der Waals surface area (Å²) < 4.78 is 0.145. The Balaban J connectivity index is 0.000000237. The van der Waals surface area contributed by atoms with E-state index in [1.54, 1.807) is 35.7 Å². The second-order valence-electron chi connectivity index (χ2n) is 9.42. The topological polar surface area (TPSA) is 71.5 Å². The van der Waals surface area contributed by atoms with Gasteiger partial charge < -0.3 is 4.98 Å². The van der Waals surface area contributed by atoms with Gasteiger partial charge in [-0.15, -0.1) is 23.5 Å². The lowest BCUT2D eigenvalue weighted by Crippen LogP contribution is -2.09. The molecule has 0 saturated carbocycles. The Hall–Kier alpha value is -1.51. The molecule has 10 heteroatoms. The number of H-pyrrole nitrogens is 1. The van der Waals surface area contributed by atoms with Crippen molar-refractivity contribution in [3.05, 3.63) is 62.5 Å². The fourth-order valence-electron chi connectivity index (χ4n) is 2.91. The normalized spacial score (nSPS) is 11.5. The molecule has 194 valence electrons. The van der Waals surface area contributed by atoms with Gasteiger partial charge in [0.1, 0.15) is 11.5 Å². The second kappa shape index (κ2) is 12.8. The molecule has 0 fully saturated rings. The fraction of sp³-hybridized carbons (Fsp3) is 0.385. The monoisotopic (exact) mass is 584 g/mol. The molecule has 0 spiro atoms. The van der Waals surface area contributed by atoms with Gasteiger partial charge in [-0.05, 0) is 24.3 Å². The standard InChI is InChI=1S/C12H12Cl2N2S.C12H13ClN2OS.C2H6/c1-12(2,3)17-10-4-7-9(5-8(10)13)15-6-16-11(7)14;1-12(2,3)17-10-4-7-9(5-8(10)13)14-6-15-11(7)16;1-2/h4-6H,1-3H3;4-6H,1-3H3,(H,14,15,16);1-2H3. The molecule has 2 heterocycles. The highest BCUT2D eigenvalue weighted by atomic mass is 35.5. The van der Waals surface area contributed by atoms with Gasteiger partial charge in [0.05, 0.1) is 32.8 Å². The van der Waals surface area contributed by atoms with Gasteiger partial charge in [-0.2, -0.15) is 0 Å². The Bertz CT molecular complexity index is 1400. The minimum Gasteiger partial charge on any atom is -0.313 e. The summed E-state index contributed by atoms with van der Waals surface area (Å²) in [4.78, 5) is 28.4. The van der Waals surface area contributed by atoms with E-state index in [1.165, 1.54) is 12.7 Å². The summed E-state index contributed by atoms with van der Waals surface area (Å²) in [6.07, 6.45) is 2.83. The van der Waals surface area contributed by atoms with Crippen LogP contribution >= 0.6 is 58.3 Å². The number of benzene rings is 2. The molecule has 4 rings (SSSR count). The molecule has 0 bridgehead atoms. The minimum atomic E-state index is -0.137. The van der Waals surface area contributed by atoms with E-state index in [9.17, 15) is 4.79 Å². The molecule has 0 unspecified atom stereocenters. The fourth-order valence-corrected chi connectivity index (χ4v) is 5.64. The van der Waals surface area contributed by atoms with Crippen LogP contribution in [0, 0.1) is 0 Å². The van der Waals surface area contributed by atoms with E-state index in [1.807, 2.05) is 26.0 Å². The summed E-state index contributed by atoms with van der Waals surface area (Å²) >= 11 is 21.8. The van der Waals surface area contributed by atoms with Crippen LogP contribution in [0.1, 0.15) is 55.4 Å². The van der Waals surface area contributed by atoms with Gasteiger partial charge in [-0.3, -0.25) is 4.79 Å². The smallest absolute Gasteiger partial charge is 0.258 e. The summed E-state index contributed by atoms with van der Waals surface area (Å²) in [5, 5.41) is 3.21. The summed E-state index contributed by atoms with van der Waals surface area (Å²) in [6.45, 7) is 16.7. The number of hydrogen-bond acceptors (Lipinski definition) is 6. The molecule has 0 amide bonds. The Labute approximate surface area is 236 Å². The maximum atomic E-state index is 11.7. The first-order chi connectivity index (χ1) is 16.7. The van der Waals surface area contributed by atoms with Crippen molar-refractivity contribution >= 4 is 80.1 Å². The van der Waals surface area contributed by atoms with Crippen molar-refractivity contribution < 1.29 is 0 Å². The predicted molar refractivity (Wildman–Crippen MR) is 159 cm³/mol. The maximum Gasteiger partial charge on any atom is 0.258 e. The van der Waals surface area contributed by atoms with Crippen molar-refractivity contribution in [2.75, 3.05) is 0 Å². The number of fused-ring (bicyclic) bond motifs is 2. The number of nitrogens with one attached hydrogen (secondary N) is 1. The molecule has 0 atom stereocenters. The van der Waals surface area contributed by atoms with Gasteiger partial charge in [0.25, 0.3) is 5.56 Å². The van der Waals surface area contributed by atoms with Crippen LogP contribution in [0.25, 0.3) is 21.8 Å². The first-order valence-corrected chi connectivity index (χ1v) is 14.1. The largest absolute Gasteiger partial charge is 0.313 e. The van der Waals surface area contributed by atoms with Crippen molar-refractivity contribution in [3.8, 4) is 0 Å². The van der Waals surface area contributed by atoms with Crippen molar-refractivity contribution in [2.24, 2.45) is 0 Å². The third kappa shape index (κ3) is 8.80. The van der Waals surface area contributed by atoms with Crippen LogP contribution < -0.4 is 5.56 Å². The zero-order valence-electron chi connectivity index (χ0n) is 21.7. The first kappa shape index (κ1) is 30.7. The Kier molecular flexibility index (Phi) is 10.9. The van der Waals surface area contributed by atoms with Crippen molar-refractivity contribution in [1.29, 1.82) is 0 Å². The van der Waals surface area contributed by atoms with Crippen LogP contribution in [0.5, 0.6) is 0 Å². The lowest BCUT2D eigenvalue weighted by atomic mass is 10.2. The van der Waals surface area contributed by atoms with Gasteiger partial charge in [-0.25, -0.2) is 15.0 Å². The van der Waals surface area contributed by atoms with Crippen molar-refractivity contribution in [3.63, 3.8) is 0 Å². The lowest BCUT2D eigenvalue weighted by molar-refractivity contribution is 0.802. The molecule has 1 N–H and O–H groups in total.